The maximum absolute atomic E-state index is 3.65. The molecule has 0 aliphatic heterocycles. The average Bonchev–Trinajstić information content (AvgIpc) is 2.20. The minimum absolute atomic E-state index is 0.220. The summed E-state index contributed by atoms with van der Waals surface area (Å²) in [5.74, 6) is 0.710. The molecule has 0 aromatic carbocycles. The van der Waals surface area contributed by atoms with Gasteiger partial charge in [0, 0.05) is 18.1 Å². The maximum Gasteiger partial charge on any atom is 0.0243 e. The minimum atomic E-state index is 0.220. The Kier molecular flexibility index (Phi) is 8.06. The van der Waals surface area contributed by atoms with Crippen LogP contribution in [0.15, 0.2) is 0 Å². The molecule has 0 aliphatic rings. The van der Waals surface area contributed by atoms with Crippen LogP contribution in [-0.2, 0) is 0 Å². The molecule has 1 unspecified atom stereocenters. The molecule has 0 aliphatic carbocycles. The van der Waals surface area contributed by atoms with Gasteiger partial charge in [-0.3, -0.25) is 4.90 Å². The predicted molar refractivity (Wildman–Crippen MR) is 78.5 cm³/mol. The lowest BCUT2D eigenvalue weighted by molar-refractivity contribution is 0.148. The number of rotatable bonds is 8. The van der Waals surface area contributed by atoms with Gasteiger partial charge in [0.1, 0.15) is 0 Å². The van der Waals surface area contributed by atoms with E-state index in [9.17, 15) is 0 Å². The van der Waals surface area contributed by atoms with Crippen LogP contribution < -0.4 is 5.32 Å². The van der Waals surface area contributed by atoms with Crippen molar-refractivity contribution in [2.45, 2.75) is 72.9 Å². The fourth-order valence-electron chi connectivity index (χ4n) is 2.12. The summed E-state index contributed by atoms with van der Waals surface area (Å²) in [7, 11) is 0. The Hall–Kier alpha value is -0.0800. The molecule has 0 fully saturated rings. The van der Waals surface area contributed by atoms with Gasteiger partial charge >= 0.3 is 0 Å². The van der Waals surface area contributed by atoms with Gasteiger partial charge in [0.25, 0.3) is 0 Å². The van der Waals surface area contributed by atoms with E-state index >= 15 is 0 Å². The highest BCUT2D eigenvalue weighted by Gasteiger charge is 2.22. The third-order valence-electron chi connectivity index (χ3n) is 3.29. The fourth-order valence-corrected chi connectivity index (χ4v) is 2.12. The van der Waals surface area contributed by atoms with Crippen LogP contribution in [0.1, 0.15) is 61.3 Å². The molecule has 0 aromatic heterocycles. The second-order valence-electron chi connectivity index (χ2n) is 6.42. The van der Waals surface area contributed by atoms with Gasteiger partial charge in [-0.15, -0.1) is 0 Å². The van der Waals surface area contributed by atoms with Crippen LogP contribution in [0.3, 0.4) is 0 Å². The van der Waals surface area contributed by atoms with Crippen molar-refractivity contribution >= 4 is 0 Å². The zero-order valence-corrected chi connectivity index (χ0v) is 13.1. The molecule has 0 aromatic rings. The average molecular weight is 242 g/mol. The van der Waals surface area contributed by atoms with E-state index < -0.39 is 0 Å². The topological polar surface area (TPSA) is 15.3 Å². The molecular weight excluding hydrogens is 208 g/mol. The first-order chi connectivity index (χ1) is 7.81. The van der Waals surface area contributed by atoms with Gasteiger partial charge in [-0.2, -0.15) is 0 Å². The van der Waals surface area contributed by atoms with Gasteiger partial charge in [-0.25, -0.2) is 0 Å². The van der Waals surface area contributed by atoms with E-state index in [4.69, 9.17) is 0 Å². The van der Waals surface area contributed by atoms with Crippen molar-refractivity contribution in [2.24, 2.45) is 5.92 Å². The Morgan fingerprint density at radius 2 is 1.71 bits per heavy atom. The summed E-state index contributed by atoms with van der Waals surface area (Å²) >= 11 is 0. The van der Waals surface area contributed by atoms with E-state index in [-0.39, 0.29) is 5.54 Å². The Balaban J connectivity index is 4.36. The first-order valence-electron chi connectivity index (χ1n) is 7.30. The summed E-state index contributed by atoms with van der Waals surface area (Å²) in [6, 6.07) is 0.658. The maximum atomic E-state index is 3.65. The molecule has 2 nitrogen and oxygen atoms in total. The highest BCUT2D eigenvalue weighted by molar-refractivity contribution is 4.80. The van der Waals surface area contributed by atoms with Crippen molar-refractivity contribution in [1.82, 2.24) is 10.2 Å². The van der Waals surface area contributed by atoms with Crippen LogP contribution >= 0.6 is 0 Å². The SMILES string of the molecule is CCCCN(CC)C(CNC(C)(C)C)C(C)C. The predicted octanol–water partition coefficient (Wildman–Crippen LogP) is 3.52. The molecule has 0 heterocycles. The van der Waals surface area contributed by atoms with Gasteiger partial charge < -0.3 is 5.32 Å². The standard InChI is InChI=1S/C15H34N2/c1-8-10-11-17(9-2)14(13(3)4)12-16-15(5,6)7/h13-14,16H,8-12H2,1-7H3. The Morgan fingerprint density at radius 1 is 1.12 bits per heavy atom. The minimum Gasteiger partial charge on any atom is -0.311 e. The largest absolute Gasteiger partial charge is 0.311 e. The molecule has 1 atom stereocenters. The molecule has 0 rings (SSSR count). The third kappa shape index (κ3) is 7.77. The lowest BCUT2D eigenvalue weighted by Crippen LogP contribution is -2.50. The van der Waals surface area contributed by atoms with Crippen LogP contribution in [0.4, 0.5) is 0 Å². The molecule has 0 bridgehead atoms. The van der Waals surface area contributed by atoms with Crippen LogP contribution in [0.5, 0.6) is 0 Å². The van der Waals surface area contributed by atoms with Crippen LogP contribution in [0.25, 0.3) is 0 Å². The zero-order chi connectivity index (χ0) is 13.5. The van der Waals surface area contributed by atoms with Crippen molar-refractivity contribution < 1.29 is 0 Å². The molecule has 2 heteroatoms. The lowest BCUT2D eigenvalue weighted by Gasteiger charge is -2.36. The summed E-state index contributed by atoms with van der Waals surface area (Å²) in [5, 5.41) is 3.65. The summed E-state index contributed by atoms with van der Waals surface area (Å²) in [6.07, 6.45) is 2.60. The molecule has 0 amide bonds. The number of hydrogen-bond donors (Lipinski definition) is 1. The van der Waals surface area contributed by atoms with Crippen LogP contribution in [-0.4, -0.2) is 36.1 Å². The summed E-state index contributed by atoms with van der Waals surface area (Å²) < 4.78 is 0. The molecule has 17 heavy (non-hydrogen) atoms. The number of likely N-dealkylation sites (N-methyl/N-ethyl adjacent to an activating group) is 1. The van der Waals surface area contributed by atoms with Gasteiger partial charge in [0.2, 0.25) is 0 Å². The molecule has 1 N–H and O–H groups in total. The highest BCUT2D eigenvalue weighted by atomic mass is 15.2. The summed E-state index contributed by atoms with van der Waals surface area (Å²) in [4.78, 5) is 2.63. The number of hydrogen-bond acceptors (Lipinski definition) is 2. The van der Waals surface area contributed by atoms with E-state index in [1.807, 2.05) is 0 Å². The lowest BCUT2D eigenvalue weighted by atomic mass is 10.00. The number of nitrogens with one attached hydrogen (secondary N) is 1. The van der Waals surface area contributed by atoms with Gasteiger partial charge in [-0.05, 0) is 46.2 Å². The fraction of sp³-hybridized carbons (Fsp3) is 1.00. The van der Waals surface area contributed by atoms with Crippen molar-refractivity contribution in [3.8, 4) is 0 Å². The zero-order valence-electron chi connectivity index (χ0n) is 13.1. The quantitative estimate of drug-likeness (QED) is 0.700. The number of nitrogens with zero attached hydrogens (tertiary/aromatic N) is 1. The third-order valence-corrected chi connectivity index (χ3v) is 3.29. The van der Waals surface area contributed by atoms with Crippen LogP contribution in [0, 0.1) is 5.92 Å². The van der Waals surface area contributed by atoms with E-state index in [1.54, 1.807) is 0 Å². The first kappa shape index (κ1) is 16.9. The summed E-state index contributed by atoms with van der Waals surface area (Å²) in [5.41, 5.74) is 0.220. The van der Waals surface area contributed by atoms with E-state index in [2.05, 4.69) is 58.7 Å². The van der Waals surface area contributed by atoms with Crippen molar-refractivity contribution in [3.05, 3.63) is 0 Å². The Morgan fingerprint density at radius 3 is 2.06 bits per heavy atom. The molecule has 0 saturated carbocycles. The molecular formula is C15H34N2. The van der Waals surface area contributed by atoms with Crippen molar-refractivity contribution in [3.63, 3.8) is 0 Å². The Labute approximate surface area is 109 Å². The van der Waals surface area contributed by atoms with E-state index in [1.165, 1.54) is 19.4 Å². The molecule has 0 saturated heterocycles. The van der Waals surface area contributed by atoms with Crippen molar-refractivity contribution in [2.75, 3.05) is 19.6 Å². The molecule has 104 valence electrons. The monoisotopic (exact) mass is 242 g/mol. The summed E-state index contributed by atoms with van der Waals surface area (Å²) in [6.45, 7) is 19.4. The molecule has 0 radical (unpaired) electrons. The Bertz CT molecular complexity index is 182. The second kappa shape index (κ2) is 8.10. The van der Waals surface area contributed by atoms with Gasteiger partial charge in [0.15, 0.2) is 0 Å². The first-order valence-corrected chi connectivity index (χ1v) is 7.30. The highest BCUT2D eigenvalue weighted by Crippen LogP contribution is 2.12. The second-order valence-corrected chi connectivity index (χ2v) is 6.42. The smallest absolute Gasteiger partial charge is 0.0243 e. The van der Waals surface area contributed by atoms with Crippen molar-refractivity contribution in [1.29, 1.82) is 0 Å². The van der Waals surface area contributed by atoms with Gasteiger partial charge in [-0.1, -0.05) is 34.1 Å². The normalized spacial score (nSPS) is 14.6. The van der Waals surface area contributed by atoms with E-state index in [0.29, 0.717) is 12.0 Å². The molecule has 0 spiro atoms. The number of unbranched alkanes of at least 4 members (excludes halogenated alkanes) is 1. The van der Waals surface area contributed by atoms with Gasteiger partial charge in [0.05, 0.1) is 0 Å². The van der Waals surface area contributed by atoms with Crippen LogP contribution in [0.2, 0.25) is 0 Å². The van der Waals surface area contributed by atoms with E-state index in [0.717, 1.165) is 13.1 Å².